The molecule has 1 saturated carbocycles. The number of nitrogens with one attached hydrogen (secondary N) is 1. The number of amides is 1. The molecular formula is C16H21N5O5S. The zero-order valence-electron chi connectivity index (χ0n) is 15.1. The van der Waals surface area contributed by atoms with Crippen LogP contribution in [0.4, 0.5) is 0 Å². The molecular weight excluding hydrogens is 374 g/mol. The molecule has 4 rings (SSSR count). The molecule has 10 nitrogen and oxygen atoms in total. The van der Waals surface area contributed by atoms with Crippen LogP contribution in [0.5, 0.6) is 0 Å². The van der Waals surface area contributed by atoms with Crippen LogP contribution in [0.15, 0.2) is 21.6 Å². The van der Waals surface area contributed by atoms with Crippen molar-refractivity contribution in [3.8, 4) is 0 Å². The number of carbonyl (C=O) groups excluding carboxylic acids is 1. The number of likely N-dealkylation sites (tertiary alicyclic amines) is 1. The SMILES string of the molecule is CCS(=O)(=O)NC1CC2CN(C(=O)c3cocn3)CC2(c2nc(C)no2)C1. The summed E-state index contributed by atoms with van der Waals surface area (Å²) in [6, 6.07) is -0.226. The summed E-state index contributed by atoms with van der Waals surface area (Å²) in [5.74, 6) is 0.783. The Morgan fingerprint density at radius 3 is 2.93 bits per heavy atom. The van der Waals surface area contributed by atoms with Crippen molar-refractivity contribution in [3.05, 3.63) is 30.1 Å². The minimum Gasteiger partial charge on any atom is -0.451 e. The summed E-state index contributed by atoms with van der Waals surface area (Å²) in [5, 5.41) is 3.90. The van der Waals surface area contributed by atoms with Crippen LogP contribution in [0, 0.1) is 12.8 Å². The molecule has 3 heterocycles. The summed E-state index contributed by atoms with van der Waals surface area (Å²) in [7, 11) is -3.32. The molecule has 11 heteroatoms. The Kier molecular flexibility index (Phi) is 4.30. The van der Waals surface area contributed by atoms with E-state index in [0.29, 0.717) is 37.6 Å². The third kappa shape index (κ3) is 3.14. The van der Waals surface area contributed by atoms with Crippen molar-refractivity contribution < 1.29 is 22.2 Å². The second-order valence-corrected chi connectivity index (χ2v) is 9.26. The molecule has 1 aliphatic carbocycles. The molecule has 27 heavy (non-hydrogen) atoms. The number of sulfonamides is 1. The molecule has 2 aromatic heterocycles. The molecule has 2 aliphatic rings. The van der Waals surface area contributed by atoms with Gasteiger partial charge >= 0.3 is 0 Å². The van der Waals surface area contributed by atoms with E-state index in [2.05, 4.69) is 19.8 Å². The second-order valence-electron chi connectivity index (χ2n) is 7.22. The van der Waals surface area contributed by atoms with Gasteiger partial charge in [-0.25, -0.2) is 18.1 Å². The van der Waals surface area contributed by atoms with Gasteiger partial charge in [-0.15, -0.1) is 0 Å². The fourth-order valence-electron chi connectivity index (χ4n) is 4.26. The van der Waals surface area contributed by atoms with E-state index in [0.717, 1.165) is 0 Å². The van der Waals surface area contributed by atoms with Crippen LogP contribution >= 0.6 is 0 Å². The van der Waals surface area contributed by atoms with Crippen molar-refractivity contribution in [1.29, 1.82) is 0 Å². The van der Waals surface area contributed by atoms with Crippen molar-refractivity contribution in [2.45, 2.75) is 38.1 Å². The molecule has 1 amide bonds. The van der Waals surface area contributed by atoms with E-state index in [4.69, 9.17) is 8.94 Å². The zero-order chi connectivity index (χ0) is 19.2. The summed E-state index contributed by atoms with van der Waals surface area (Å²) >= 11 is 0. The molecule has 0 radical (unpaired) electrons. The summed E-state index contributed by atoms with van der Waals surface area (Å²) in [5.41, 5.74) is -0.322. The van der Waals surface area contributed by atoms with E-state index in [-0.39, 0.29) is 29.3 Å². The molecule has 3 unspecified atom stereocenters. The summed E-state index contributed by atoms with van der Waals surface area (Å²) < 4.78 is 37.1. The Hall–Kier alpha value is -2.27. The molecule has 0 spiro atoms. The first kappa shape index (κ1) is 18.1. The first-order valence-electron chi connectivity index (χ1n) is 8.81. The predicted octanol–water partition coefficient (Wildman–Crippen LogP) is 0.478. The highest BCUT2D eigenvalue weighted by atomic mass is 32.2. The topological polar surface area (TPSA) is 131 Å². The lowest BCUT2D eigenvalue weighted by molar-refractivity contribution is 0.0767. The van der Waals surface area contributed by atoms with Crippen LogP contribution in [0.2, 0.25) is 0 Å². The standard InChI is InChI=1S/C16H21N5O5S/c1-3-27(23,24)20-12-4-11-6-21(14(22)13-7-25-9-17-13)8-16(11,5-12)15-18-10(2)19-26-15/h7,9,11-12,20H,3-6,8H2,1-2H3. The second kappa shape index (κ2) is 6.41. The van der Waals surface area contributed by atoms with E-state index < -0.39 is 15.4 Å². The first-order valence-corrected chi connectivity index (χ1v) is 10.5. The number of oxazole rings is 1. The zero-order valence-corrected chi connectivity index (χ0v) is 15.9. The molecule has 2 fully saturated rings. The molecule has 3 atom stereocenters. The minimum atomic E-state index is -3.32. The van der Waals surface area contributed by atoms with Crippen LogP contribution < -0.4 is 4.72 Å². The largest absolute Gasteiger partial charge is 0.451 e. The highest BCUT2D eigenvalue weighted by Crippen LogP contribution is 2.50. The van der Waals surface area contributed by atoms with Crippen LogP contribution in [0.3, 0.4) is 0 Å². The Balaban J connectivity index is 1.62. The number of aromatic nitrogens is 3. The lowest BCUT2D eigenvalue weighted by Crippen LogP contribution is -2.40. The lowest BCUT2D eigenvalue weighted by atomic mass is 9.80. The maximum atomic E-state index is 12.7. The molecule has 146 valence electrons. The molecule has 0 aromatic carbocycles. The number of rotatable bonds is 5. The van der Waals surface area contributed by atoms with E-state index in [1.54, 1.807) is 18.7 Å². The molecule has 1 aliphatic heterocycles. The van der Waals surface area contributed by atoms with Crippen LogP contribution in [-0.4, -0.2) is 59.2 Å². The van der Waals surface area contributed by atoms with Gasteiger partial charge in [-0.3, -0.25) is 4.79 Å². The molecule has 2 aromatic rings. The Bertz CT molecular complexity index is 940. The monoisotopic (exact) mass is 395 g/mol. The van der Waals surface area contributed by atoms with Crippen LogP contribution in [-0.2, 0) is 15.4 Å². The van der Waals surface area contributed by atoms with Gasteiger partial charge in [0.05, 0.1) is 11.2 Å². The number of aryl methyl sites for hydroxylation is 1. The summed E-state index contributed by atoms with van der Waals surface area (Å²) in [4.78, 5) is 22.7. The Labute approximate surface area is 156 Å². The number of nitrogens with zero attached hydrogens (tertiary/aromatic N) is 4. The molecule has 1 saturated heterocycles. The highest BCUT2D eigenvalue weighted by molar-refractivity contribution is 7.89. The van der Waals surface area contributed by atoms with Gasteiger partial charge in [-0.05, 0) is 32.6 Å². The van der Waals surface area contributed by atoms with Gasteiger partial charge in [0.25, 0.3) is 5.91 Å². The average molecular weight is 395 g/mol. The highest BCUT2D eigenvalue weighted by Gasteiger charge is 2.58. The summed E-state index contributed by atoms with van der Waals surface area (Å²) in [6.45, 7) is 4.18. The third-order valence-corrected chi connectivity index (χ3v) is 6.95. The number of carbonyl (C=O) groups is 1. The average Bonchev–Trinajstić information content (AvgIpc) is 3.36. The van der Waals surface area contributed by atoms with Crippen molar-refractivity contribution in [1.82, 2.24) is 24.7 Å². The number of fused-ring (bicyclic) bond motifs is 1. The Morgan fingerprint density at radius 1 is 1.48 bits per heavy atom. The van der Waals surface area contributed by atoms with Gasteiger partial charge < -0.3 is 13.8 Å². The van der Waals surface area contributed by atoms with E-state index in [9.17, 15) is 13.2 Å². The Morgan fingerprint density at radius 2 is 2.30 bits per heavy atom. The maximum Gasteiger partial charge on any atom is 0.275 e. The molecule has 1 N–H and O–H groups in total. The van der Waals surface area contributed by atoms with Gasteiger partial charge in [0.1, 0.15) is 6.26 Å². The van der Waals surface area contributed by atoms with Crippen molar-refractivity contribution in [3.63, 3.8) is 0 Å². The lowest BCUT2D eigenvalue weighted by Gasteiger charge is -2.25. The maximum absolute atomic E-state index is 12.7. The van der Waals surface area contributed by atoms with E-state index in [1.807, 2.05) is 0 Å². The predicted molar refractivity (Wildman–Crippen MR) is 92.2 cm³/mol. The van der Waals surface area contributed by atoms with Gasteiger partial charge in [0.15, 0.2) is 17.9 Å². The normalized spacial score (nSPS) is 27.9. The van der Waals surface area contributed by atoms with Crippen LogP contribution in [0.1, 0.15) is 42.0 Å². The summed E-state index contributed by atoms with van der Waals surface area (Å²) in [6.07, 6.45) is 3.64. The fourth-order valence-corrected chi connectivity index (χ4v) is 5.12. The third-order valence-electron chi connectivity index (χ3n) is 5.49. The first-order chi connectivity index (χ1) is 12.8. The van der Waals surface area contributed by atoms with Gasteiger partial charge in [-0.2, -0.15) is 4.98 Å². The number of hydrogen-bond donors (Lipinski definition) is 1. The quantitative estimate of drug-likeness (QED) is 0.773. The van der Waals surface area contributed by atoms with Gasteiger partial charge in [-0.1, -0.05) is 5.16 Å². The minimum absolute atomic E-state index is 0.0118. The van der Waals surface area contributed by atoms with E-state index >= 15 is 0 Å². The van der Waals surface area contributed by atoms with Gasteiger partial charge in [0, 0.05) is 19.1 Å². The van der Waals surface area contributed by atoms with E-state index in [1.165, 1.54) is 12.7 Å². The van der Waals surface area contributed by atoms with Crippen molar-refractivity contribution in [2.75, 3.05) is 18.8 Å². The van der Waals surface area contributed by atoms with Gasteiger partial charge in [0.2, 0.25) is 15.9 Å². The fraction of sp³-hybridized carbons (Fsp3) is 0.625. The van der Waals surface area contributed by atoms with Crippen molar-refractivity contribution in [2.24, 2.45) is 5.92 Å². The van der Waals surface area contributed by atoms with Crippen molar-refractivity contribution >= 4 is 15.9 Å². The number of hydrogen-bond acceptors (Lipinski definition) is 8. The van der Waals surface area contributed by atoms with Crippen LogP contribution in [0.25, 0.3) is 0 Å². The smallest absolute Gasteiger partial charge is 0.275 e. The molecule has 0 bridgehead atoms.